The Balaban J connectivity index is 2.17. The minimum absolute atomic E-state index is 0.0144. The quantitative estimate of drug-likeness (QED) is 0.844. The molecule has 1 N–H and O–H groups in total. The summed E-state index contributed by atoms with van der Waals surface area (Å²) in [4.78, 5) is 23.9. The minimum Gasteiger partial charge on any atom is -0.481 e. The highest BCUT2D eigenvalue weighted by Gasteiger charge is 2.57. The van der Waals surface area contributed by atoms with Crippen molar-refractivity contribution in [2.24, 2.45) is 11.3 Å². The van der Waals surface area contributed by atoms with E-state index in [0.717, 1.165) is 18.4 Å². The minimum atomic E-state index is -0.822. The van der Waals surface area contributed by atoms with E-state index in [-0.39, 0.29) is 17.1 Å². The van der Waals surface area contributed by atoms with E-state index in [1.807, 2.05) is 0 Å². The number of hydrogen-bond acceptors (Lipinski definition) is 3. The largest absolute Gasteiger partial charge is 0.481 e. The number of aliphatic carboxylic acids is 1. The average molecular weight is 262 g/mol. The molecule has 1 heterocycles. The second kappa shape index (κ2) is 3.71. The molecule has 1 fully saturated rings. The summed E-state index contributed by atoms with van der Waals surface area (Å²) in [6.07, 6.45) is 5.88. The lowest BCUT2D eigenvalue weighted by molar-refractivity contribution is -0.156. The van der Waals surface area contributed by atoms with Gasteiger partial charge in [0.1, 0.15) is 6.26 Å². The van der Waals surface area contributed by atoms with Gasteiger partial charge in [-0.25, -0.2) is 0 Å². The summed E-state index contributed by atoms with van der Waals surface area (Å²) in [6.45, 7) is 3.87. The van der Waals surface area contributed by atoms with Crippen molar-refractivity contribution < 1.29 is 19.1 Å². The smallest absolute Gasteiger partial charge is 0.309 e. The Hall–Kier alpha value is -1.58. The maximum Gasteiger partial charge on any atom is 0.309 e. The zero-order valence-corrected chi connectivity index (χ0v) is 11.2. The number of carbonyl (C=O) groups is 2. The van der Waals surface area contributed by atoms with Crippen LogP contribution in [0.2, 0.25) is 0 Å². The van der Waals surface area contributed by atoms with Gasteiger partial charge in [-0.1, -0.05) is 13.3 Å². The predicted molar refractivity (Wildman–Crippen MR) is 68.1 cm³/mol. The Bertz CT molecular complexity index is 558. The summed E-state index contributed by atoms with van der Waals surface area (Å²) in [5.41, 5.74) is 0.466. The molecule has 0 unspecified atom stereocenters. The molecule has 0 radical (unpaired) electrons. The van der Waals surface area contributed by atoms with Crippen molar-refractivity contribution in [3.8, 4) is 0 Å². The van der Waals surface area contributed by atoms with Crippen molar-refractivity contribution in [1.82, 2.24) is 0 Å². The van der Waals surface area contributed by atoms with Gasteiger partial charge in [0.05, 0.1) is 17.2 Å². The molecule has 102 valence electrons. The number of carbonyl (C=O) groups excluding carboxylic acids is 1. The molecule has 0 amide bonds. The van der Waals surface area contributed by atoms with E-state index < -0.39 is 11.4 Å². The highest BCUT2D eigenvalue weighted by Crippen LogP contribution is 2.57. The molecule has 0 bridgehead atoms. The van der Waals surface area contributed by atoms with Gasteiger partial charge in [0.25, 0.3) is 0 Å². The van der Waals surface area contributed by atoms with Crippen molar-refractivity contribution >= 4 is 11.8 Å². The average Bonchev–Trinajstić information content (AvgIpc) is 2.83. The van der Waals surface area contributed by atoms with E-state index >= 15 is 0 Å². The number of carboxylic acid groups (broad SMARTS) is 1. The Kier molecular flexibility index (Phi) is 2.43. The van der Waals surface area contributed by atoms with Gasteiger partial charge in [0, 0.05) is 17.4 Å². The van der Waals surface area contributed by atoms with Gasteiger partial charge in [-0.2, -0.15) is 0 Å². The Morgan fingerprint density at radius 3 is 2.79 bits per heavy atom. The summed E-state index contributed by atoms with van der Waals surface area (Å²) >= 11 is 0. The van der Waals surface area contributed by atoms with Crippen LogP contribution in [-0.2, 0) is 10.2 Å². The van der Waals surface area contributed by atoms with Crippen LogP contribution in [0.25, 0.3) is 0 Å². The second-order valence-corrected chi connectivity index (χ2v) is 6.37. The first kappa shape index (κ1) is 12.5. The van der Waals surface area contributed by atoms with Crippen molar-refractivity contribution in [2.75, 3.05) is 0 Å². The lowest BCUT2D eigenvalue weighted by Crippen LogP contribution is -2.53. The van der Waals surface area contributed by atoms with Crippen LogP contribution in [0.4, 0.5) is 0 Å². The van der Waals surface area contributed by atoms with E-state index in [4.69, 9.17) is 4.42 Å². The zero-order valence-electron chi connectivity index (χ0n) is 11.2. The van der Waals surface area contributed by atoms with Crippen LogP contribution in [0, 0.1) is 11.3 Å². The molecule has 2 aliphatic rings. The first-order chi connectivity index (χ1) is 8.89. The van der Waals surface area contributed by atoms with Gasteiger partial charge in [0.15, 0.2) is 5.78 Å². The van der Waals surface area contributed by atoms with Gasteiger partial charge in [-0.15, -0.1) is 0 Å². The van der Waals surface area contributed by atoms with Gasteiger partial charge in [0.2, 0.25) is 0 Å². The highest BCUT2D eigenvalue weighted by atomic mass is 16.4. The second-order valence-electron chi connectivity index (χ2n) is 6.37. The fourth-order valence-corrected chi connectivity index (χ4v) is 4.15. The number of furan rings is 1. The third-order valence-electron chi connectivity index (χ3n) is 5.39. The van der Waals surface area contributed by atoms with Crippen LogP contribution in [0.3, 0.4) is 0 Å². The molecule has 0 spiro atoms. The van der Waals surface area contributed by atoms with Crippen molar-refractivity contribution in [3.63, 3.8) is 0 Å². The Labute approximate surface area is 111 Å². The maximum absolute atomic E-state index is 12.2. The van der Waals surface area contributed by atoms with Gasteiger partial charge < -0.3 is 9.52 Å². The number of Topliss-reactive ketones (excluding diaryl/α,β-unsaturated/α-hetero) is 1. The fraction of sp³-hybridized carbons (Fsp3) is 0.600. The first-order valence-electron chi connectivity index (χ1n) is 6.73. The van der Waals surface area contributed by atoms with E-state index in [1.54, 1.807) is 13.2 Å². The molecule has 3 rings (SSSR count). The zero-order chi connectivity index (χ0) is 13.8. The standard InChI is InChI=1S/C15H18O4/c1-14-4-3-5-15(2,13(17)18)12(14)6-11(16)9-7-19-8-10(9)14/h7-8,12H,3-6H2,1-2H3,(H,17,18)/t12-,14-,15-/m1/s1. The molecular formula is C15H18O4. The molecule has 0 aromatic carbocycles. The summed E-state index contributed by atoms with van der Waals surface area (Å²) < 4.78 is 5.21. The number of rotatable bonds is 1. The van der Waals surface area contributed by atoms with E-state index in [9.17, 15) is 14.7 Å². The highest BCUT2D eigenvalue weighted by molar-refractivity contribution is 5.99. The summed E-state index contributed by atoms with van der Waals surface area (Å²) in [5, 5.41) is 9.60. The molecule has 0 aliphatic heterocycles. The van der Waals surface area contributed by atoms with Crippen LogP contribution < -0.4 is 0 Å². The molecule has 2 aliphatic carbocycles. The predicted octanol–water partition coefficient (Wildman–Crippen LogP) is 3.01. The Morgan fingerprint density at radius 2 is 2.11 bits per heavy atom. The van der Waals surface area contributed by atoms with E-state index in [2.05, 4.69) is 6.92 Å². The van der Waals surface area contributed by atoms with Crippen LogP contribution in [0.15, 0.2) is 16.9 Å². The summed E-state index contributed by atoms with van der Waals surface area (Å²) in [5.74, 6) is -0.924. The third kappa shape index (κ3) is 1.46. The topological polar surface area (TPSA) is 67.5 Å². The molecule has 1 aromatic rings. The molecule has 19 heavy (non-hydrogen) atoms. The van der Waals surface area contributed by atoms with Crippen molar-refractivity contribution in [2.45, 2.75) is 44.9 Å². The lowest BCUT2D eigenvalue weighted by atomic mass is 9.50. The van der Waals surface area contributed by atoms with Crippen molar-refractivity contribution in [1.29, 1.82) is 0 Å². The monoisotopic (exact) mass is 262 g/mol. The number of hydrogen-bond donors (Lipinski definition) is 1. The third-order valence-corrected chi connectivity index (χ3v) is 5.39. The first-order valence-corrected chi connectivity index (χ1v) is 6.73. The number of carboxylic acids is 1. The molecular weight excluding hydrogens is 244 g/mol. The number of ketones is 1. The normalized spacial score (nSPS) is 37.6. The van der Waals surface area contributed by atoms with Crippen molar-refractivity contribution in [3.05, 3.63) is 23.7 Å². The molecule has 1 saturated carbocycles. The molecule has 3 atom stereocenters. The van der Waals surface area contributed by atoms with Crippen LogP contribution in [0.1, 0.15) is 55.5 Å². The van der Waals surface area contributed by atoms with E-state index in [0.29, 0.717) is 18.4 Å². The molecule has 1 aromatic heterocycles. The van der Waals surface area contributed by atoms with Crippen LogP contribution >= 0.6 is 0 Å². The lowest BCUT2D eigenvalue weighted by Gasteiger charge is -2.51. The molecule has 4 heteroatoms. The summed E-state index contributed by atoms with van der Waals surface area (Å²) in [6, 6.07) is 0. The Morgan fingerprint density at radius 1 is 1.37 bits per heavy atom. The summed E-state index contributed by atoms with van der Waals surface area (Å²) in [7, 11) is 0. The fourth-order valence-electron chi connectivity index (χ4n) is 4.15. The molecule has 0 saturated heterocycles. The van der Waals surface area contributed by atoms with E-state index in [1.165, 1.54) is 6.26 Å². The van der Waals surface area contributed by atoms with Crippen LogP contribution in [0.5, 0.6) is 0 Å². The van der Waals surface area contributed by atoms with Crippen LogP contribution in [-0.4, -0.2) is 16.9 Å². The SMILES string of the molecule is C[C@@]1(C(=O)O)CCC[C@]2(C)c3cocc3C(=O)C[C@@H]12. The number of fused-ring (bicyclic) bond motifs is 3. The maximum atomic E-state index is 12.2. The van der Waals surface area contributed by atoms with Gasteiger partial charge in [-0.05, 0) is 25.7 Å². The van der Waals surface area contributed by atoms with Gasteiger partial charge in [-0.3, -0.25) is 9.59 Å². The van der Waals surface area contributed by atoms with Gasteiger partial charge >= 0.3 is 5.97 Å². The molecule has 4 nitrogen and oxygen atoms in total.